The first-order chi connectivity index (χ1) is 10.2. The van der Waals surface area contributed by atoms with Gasteiger partial charge >= 0.3 is 6.09 Å². The van der Waals surface area contributed by atoms with Crippen LogP contribution in [0.1, 0.15) is 46.2 Å². The molecule has 0 radical (unpaired) electrons. The van der Waals surface area contributed by atoms with Gasteiger partial charge in [0, 0.05) is 13.6 Å². The van der Waals surface area contributed by atoms with Gasteiger partial charge in [0.2, 0.25) is 0 Å². The third kappa shape index (κ3) is 4.00. The zero-order valence-corrected chi connectivity index (χ0v) is 14.3. The van der Waals surface area contributed by atoms with Gasteiger partial charge in [0.15, 0.2) is 0 Å². The molecule has 1 aromatic rings. The Kier molecular flexibility index (Phi) is 4.80. The first-order valence-electron chi connectivity index (χ1n) is 7.82. The maximum absolute atomic E-state index is 12.2. The second-order valence-electron chi connectivity index (χ2n) is 6.97. The molecule has 2 rings (SSSR count). The molecule has 1 fully saturated rings. The monoisotopic (exact) mass is 309 g/mol. The van der Waals surface area contributed by atoms with Crippen molar-refractivity contribution in [3.05, 3.63) is 18.2 Å². The van der Waals surface area contributed by atoms with Gasteiger partial charge in [0.25, 0.3) is 0 Å². The molecule has 1 aliphatic rings. The van der Waals surface area contributed by atoms with Crippen LogP contribution in [0.5, 0.6) is 0 Å². The quantitative estimate of drug-likeness (QED) is 0.858. The van der Waals surface area contributed by atoms with E-state index in [4.69, 9.17) is 9.47 Å². The molecule has 0 aromatic carbocycles. The van der Waals surface area contributed by atoms with Gasteiger partial charge in [-0.15, -0.1) is 0 Å². The van der Waals surface area contributed by atoms with Crippen molar-refractivity contribution in [3.63, 3.8) is 0 Å². The second kappa shape index (κ2) is 6.28. The van der Waals surface area contributed by atoms with E-state index in [1.54, 1.807) is 11.2 Å². The number of hydrogen-bond acceptors (Lipinski definition) is 4. The van der Waals surface area contributed by atoms with E-state index in [0.717, 1.165) is 18.5 Å². The zero-order chi connectivity index (χ0) is 16.4. The summed E-state index contributed by atoms with van der Waals surface area (Å²) in [6.45, 7) is 9.51. The van der Waals surface area contributed by atoms with Gasteiger partial charge in [-0.05, 0) is 33.6 Å². The number of rotatable bonds is 4. The predicted octanol–water partition coefficient (Wildman–Crippen LogP) is 2.73. The van der Waals surface area contributed by atoms with Crippen LogP contribution in [0.3, 0.4) is 0 Å². The molecule has 1 unspecified atom stereocenters. The molecule has 124 valence electrons. The number of ether oxygens (including phenoxy) is 2. The Bertz CT molecular complexity index is 521. The lowest BCUT2D eigenvalue weighted by Crippen LogP contribution is -2.40. The van der Waals surface area contributed by atoms with Crippen molar-refractivity contribution in [2.75, 3.05) is 13.1 Å². The van der Waals surface area contributed by atoms with E-state index >= 15 is 0 Å². The van der Waals surface area contributed by atoms with Crippen molar-refractivity contribution in [2.45, 2.75) is 58.3 Å². The third-order valence-corrected chi connectivity index (χ3v) is 4.06. The molecule has 1 amide bonds. The summed E-state index contributed by atoms with van der Waals surface area (Å²) in [5, 5.41) is 0. The molecule has 1 aromatic heterocycles. The molecule has 0 saturated carbocycles. The zero-order valence-electron chi connectivity index (χ0n) is 14.3. The number of nitrogens with zero attached hydrogens (tertiary/aromatic N) is 3. The highest BCUT2D eigenvalue weighted by Gasteiger charge is 2.41. The molecule has 0 aliphatic carbocycles. The van der Waals surface area contributed by atoms with E-state index in [-0.39, 0.29) is 11.7 Å². The summed E-state index contributed by atoms with van der Waals surface area (Å²) in [6, 6.07) is 0. The van der Waals surface area contributed by atoms with Crippen molar-refractivity contribution in [2.24, 2.45) is 7.05 Å². The van der Waals surface area contributed by atoms with Crippen LogP contribution < -0.4 is 0 Å². The van der Waals surface area contributed by atoms with Gasteiger partial charge in [0.05, 0.1) is 37.0 Å². The molecule has 22 heavy (non-hydrogen) atoms. The standard InChI is InChI=1S/C16H27N3O3/c1-6-16(21-10-13-9-17-12-18(13)5)7-8-19(11-16)14(20)22-15(2,3)4/h9,12H,6-8,10-11H2,1-5H3. The molecule has 1 saturated heterocycles. The summed E-state index contributed by atoms with van der Waals surface area (Å²) >= 11 is 0. The molecule has 6 nitrogen and oxygen atoms in total. The summed E-state index contributed by atoms with van der Waals surface area (Å²) in [5.41, 5.74) is 0.272. The summed E-state index contributed by atoms with van der Waals surface area (Å²) in [4.78, 5) is 18.0. The Morgan fingerprint density at radius 2 is 2.18 bits per heavy atom. The highest BCUT2D eigenvalue weighted by Crippen LogP contribution is 2.30. The van der Waals surface area contributed by atoms with Gasteiger partial charge < -0.3 is 18.9 Å². The van der Waals surface area contributed by atoms with Crippen LogP contribution in [-0.2, 0) is 23.1 Å². The number of carbonyl (C=O) groups excluding carboxylic acids is 1. The number of amides is 1. The van der Waals surface area contributed by atoms with Crippen LogP contribution in [0.2, 0.25) is 0 Å². The lowest BCUT2D eigenvalue weighted by atomic mass is 10.00. The molecule has 2 heterocycles. The van der Waals surface area contributed by atoms with Crippen molar-refractivity contribution >= 4 is 6.09 Å². The number of imidazole rings is 1. The van der Waals surface area contributed by atoms with Crippen LogP contribution in [0.15, 0.2) is 12.5 Å². The first-order valence-corrected chi connectivity index (χ1v) is 7.82. The summed E-state index contributed by atoms with van der Waals surface area (Å²) in [7, 11) is 1.95. The minimum absolute atomic E-state index is 0.257. The van der Waals surface area contributed by atoms with Gasteiger partial charge in [0.1, 0.15) is 5.60 Å². The van der Waals surface area contributed by atoms with E-state index < -0.39 is 5.60 Å². The average Bonchev–Trinajstić information content (AvgIpc) is 3.02. The topological polar surface area (TPSA) is 56.6 Å². The lowest BCUT2D eigenvalue weighted by molar-refractivity contribution is -0.0546. The molecule has 0 bridgehead atoms. The van der Waals surface area contributed by atoms with E-state index in [0.29, 0.717) is 19.7 Å². The van der Waals surface area contributed by atoms with E-state index in [1.165, 1.54) is 0 Å². The van der Waals surface area contributed by atoms with Crippen LogP contribution in [0.4, 0.5) is 4.79 Å². The minimum atomic E-state index is -0.468. The van der Waals surface area contributed by atoms with Crippen LogP contribution in [-0.4, -0.2) is 44.8 Å². The molecular formula is C16H27N3O3. The SMILES string of the molecule is CCC1(OCc2cncn2C)CCN(C(=O)OC(C)(C)C)C1. The summed E-state index contributed by atoms with van der Waals surface area (Å²) in [5.74, 6) is 0. The van der Waals surface area contributed by atoms with Crippen LogP contribution >= 0.6 is 0 Å². The summed E-state index contributed by atoms with van der Waals surface area (Å²) in [6.07, 6.45) is 5.01. The van der Waals surface area contributed by atoms with E-state index in [2.05, 4.69) is 11.9 Å². The van der Waals surface area contributed by atoms with Gasteiger partial charge in [-0.2, -0.15) is 0 Å². The van der Waals surface area contributed by atoms with Gasteiger partial charge in [-0.3, -0.25) is 0 Å². The number of likely N-dealkylation sites (tertiary alicyclic amines) is 1. The molecule has 1 aliphatic heterocycles. The Morgan fingerprint density at radius 3 is 2.73 bits per heavy atom. The highest BCUT2D eigenvalue weighted by molar-refractivity contribution is 5.68. The smallest absolute Gasteiger partial charge is 0.410 e. The van der Waals surface area contributed by atoms with Crippen molar-refractivity contribution in [1.29, 1.82) is 0 Å². The number of carbonyl (C=O) groups is 1. The third-order valence-electron chi connectivity index (χ3n) is 4.06. The Balaban J connectivity index is 1.95. The average molecular weight is 309 g/mol. The fraction of sp³-hybridized carbons (Fsp3) is 0.750. The van der Waals surface area contributed by atoms with E-state index in [1.807, 2.05) is 38.6 Å². The fourth-order valence-electron chi connectivity index (χ4n) is 2.59. The summed E-state index contributed by atoms with van der Waals surface area (Å²) < 4.78 is 13.6. The van der Waals surface area contributed by atoms with Crippen molar-refractivity contribution in [3.8, 4) is 0 Å². The van der Waals surface area contributed by atoms with Crippen LogP contribution in [0, 0.1) is 0 Å². The van der Waals surface area contributed by atoms with Crippen molar-refractivity contribution in [1.82, 2.24) is 14.5 Å². The van der Waals surface area contributed by atoms with Gasteiger partial charge in [-0.1, -0.05) is 6.92 Å². The first kappa shape index (κ1) is 16.8. The fourth-order valence-corrected chi connectivity index (χ4v) is 2.59. The molecule has 1 atom stereocenters. The lowest BCUT2D eigenvalue weighted by Gasteiger charge is -2.29. The number of hydrogen-bond donors (Lipinski definition) is 0. The van der Waals surface area contributed by atoms with Crippen LogP contribution in [0.25, 0.3) is 0 Å². The maximum Gasteiger partial charge on any atom is 0.410 e. The number of aromatic nitrogens is 2. The molecule has 6 heteroatoms. The normalized spacial score (nSPS) is 22.1. The highest BCUT2D eigenvalue weighted by atomic mass is 16.6. The Labute approximate surface area is 132 Å². The molecule has 0 spiro atoms. The number of aryl methyl sites for hydroxylation is 1. The maximum atomic E-state index is 12.2. The van der Waals surface area contributed by atoms with Gasteiger partial charge in [-0.25, -0.2) is 9.78 Å². The Hall–Kier alpha value is -1.56. The van der Waals surface area contributed by atoms with Crippen molar-refractivity contribution < 1.29 is 14.3 Å². The predicted molar refractivity (Wildman–Crippen MR) is 83.4 cm³/mol. The Morgan fingerprint density at radius 1 is 1.45 bits per heavy atom. The van der Waals surface area contributed by atoms with E-state index in [9.17, 15) is 4.79 Å². The molecular weight excluding hydrogens is 282 g/mol. The second-order valence-corrected chi connectivity index (χ2v) is 6.97. The largest absolute Gasteiger partial charge is 0.444 e. The molecule has 0 N–H and O–H groups in total. The minimum Gasteiger partial charge on any atom is -0.444 e.